The normalized spacial score (nSPS) is 21.5. The van der Waals surface area contributed by atoms with Crippen LogP contribution in [0.25, 0.3) is 0 Å². The van der Waals surface area contributed by atoms with Crippen LogP contribution in [0, 0.1) is 0 Å². The molecule has 0 amide bonds. The van der Waals surface area contributed by atoms with E-state index in [0.29, 0.717) is 50.8 Å². The summed E-state index contributed by atoms with van der Waals surface area (Å²) in [4.78, 5) is 21.7. The Morgan fingerprint density at radius 2 is 2.21 bits per heavy atom. The maximum atomic E-state index is 11.3. The molecule has 1 atom stereocenters. The summed E-state index contributed by atoms with van der Waals surface area (Å²) in [5, 5.41) is 12.7. The SMILES string of the molecule is O=C(O)c1cc(OCCC2CCCCN2)nc(N2CCOCC2)n1. The summed E-state index contributed by atoms with van der Waals surface area (Å²) in [5.41, 5.74) is -0.0442. The van der Waals surface area contributed by atoms with Crippen LogP contribution in [0.3, 0.4) is 0 Å². The molecule has 1 unspecified atom stereocenters. The molecule has 2 fully saturated rings. The highest BCUT2D eigenvalue weighted by Gasteiger charge is 2.19. The van der Waals surface area contributed by atoms with Crippen molar-refractivity contribution in [1.82, 2.24) is 15.3 Å². The number of nitrogens with zero attached hydrogens (tertiary/aromatic N) is 3. The van der Waals surface area contributed by atoms with E-state index in [1.807, 2.05) is 4.90 Å². The van der Waals surface area contributed by atoms with E-state index in [4.69, 9.17) is 9.47 Å². The van der Waals surface area contributed by atoms with Crippen molar-refractivity contribution in [3.63, 3.8) is 0 Å². The molecule has 2 aliphatic heterocycles. The molecular weight excluding hydrogens is 312 g/mol. The fourth-order valence-corrected chi connectivity index (χ4v) is 2.98. The van der Waals surface area contributed by atoms with Gasteiger partial charge in [0.15, 0.2) is 5.69 Å². The van der Waals surface area contributed by atoms with Crippen LogP contribution < -0.4 is 15.0 Å². The number of rotatable bonds is 6. The predicted octanol–water partition coefficient (Wildman–Crippen LogP) is 0.922. The van der Waals surface area contributed by atoms with Gasteiger partial charge in [-0.15, -0.1) is 0 Å². The largest absolute Gasteiger partial charge is 0.477 e. The van der Waals surface area contributed by atoms with E-state index in [1.165, 1.54) is 18.9 Å². The number of carboxylic acid groups (broad SMARTS) is 1. The zero-order valence-corrected chi connectivity index (χ0v) is 13.7. The van der Waals surface area contributed by atoms with Gasteiger partial charge < -0.3 is 24.8 Å². The Kier molecular flexibility index (Phi) is 5.81. The second-order valence-electron chi connectivity index (χ2n) is 6.08. The van der Waals surface area contributed by atoms with E-state index in [1.54, 1.807) is 0 Å². The van der Waals surface area contributed by atoms with Crippen molar-refractivity contribution in [3.05, 3.63) is 11.8 Å². The van der Waals surface area contributed by atoms with Gasteiger partial charge in [-0.05, 0) is 25.8 Å². The number of anilines is 1. The molecule has 1 aromatic heterocycles. The maximum Gasteiger partial charge on any atom is 0.354 e. The lowest BCUT2D eigenvalue weighted by Gasteiger charge is -2.27. The van der Waals surface area contributed by atoms with Crippen molar-refractivity contribution in [3.8, 4) is 5.88 Å². The quantitative estimate of drug-likeness (QED) is 0.792. The Morgan fingerprint density at radius 3 is 2.92 bits per heavy atom. The Bertz CT molecular complexity index is 557. The van der Waals surface area contributed by atoms with Crippen molar-refractivity contribution < 1.29 is 19.4 Å². The molecule has 132 valence electrons. The fourth-order valence-electron chi connectivity index (χ4n) is 2.98. The molecule has 0 saturated carbocycles. The van der Waals surface area contributed by atoms with Gasteiger partial charge in [-0.2, -0.15) is 4.98 Å². The molecule has 3 rings (SSSR count). The summed E-state index contributed by atoms with van der Waals surface area (Å²) in [6.07, 6.45) is 4.52. The van der Waals surface area contributed by atoms with E-state index in [-0.39, 0.29) is 5.69 Å². The number of hydrogen-bond donors (Lipinski definition) is 2. The molecule has 2 N–H and O–H groups in total. The van der Waals surface area contributed by atoms with E-state index in [0.717, 1.165) is 19.4 Å². The molecule has 8 heteroatoms. The van der Waals surface area contributed by atoms with Crippen molar-refractivity contribution in [2.24, 2.45) is 0 Å². The third kappa shape index (κ3) is 4.55. The molecule has 0 radical (unpaired) electrons. The van der Waals surface area contributed by atoms with Gasteiger partial charge in [0, 0.05) is 25.2 Å². The Hall–Kier alpha value is -1.93. The number of aromatic carboxylic acids is 1. The Labute approximate surface area is 141 Å². The molecule has 3 heterocycles. The monoisotopic (exact) mass is 336 g/mol. The first kappa shape index (κ1) is 16.9. The minimum atomic E-state index is -1.08. The molecule has 2 aliphatic rings. The van der Waals surface area contributed by atoms with Gasteiger partial charge in [-0.1, -0.05) is 6.42 Å². The van der Waals surface area contributed by atoms with Crippen LogP contribution in [0.1, 0.15) is 36.2 Å². The van der Waals surface area contributed by atoms with E-state index >= 15 is 0 Å². The smallest absolute Gasteiger partial charge is 0.354 e. The molecule has 0 bridgehead atoms. The third-order valence-electron chi connectivity index (χ3n) is 4.33. The van der Waals surface area contributed by atoms with Crippen LogP contribution in [0.4, 0.5) is 5.95 Å². The molecular formula is C16H24N4O4. The standard InChI is InChI=1S/C16H24N4O4/c21-15(22)13-11-14(24-8-4-12-3-1-2-5-17-12)19-16(18-13)20-6-9-23-10-7-20/h11-12,17H,1-10H2,(H,21,22). The number of aromatic nitrogens is 2. The van der Waals surface area contributed by atoms with Crippen LogP contribution in [0.15, 0.2) is 6.07 Å². The van der Waals surface area contributed by atoms with Gasteiger partial charge in [0.2, 0.25) is 11.8 Å². The molecule has 24 heavy (non-hydrogen) atoms. The summed E-state index contributed by atoms with van der Waals surface area (Å²) in [5.74, 6) is -0.366. The number of hydrogen-bond acceptors (Lipinski definition) is 7. The van der Waals surface area contributed by atoms with E-state index in [2.05, 4.69) is 15.3 Å². The van der Waals surface area contributed by atoms with Crippen molar-refractivity contribution in [1.29, 1.82) is 0 Å². The number of carboxylic acids is 1. The predicted molar refractivity (Wildman–Crippen MR) is 87.8 cm³/mol. The first-order valence-corrected chi connectivity index (χ1v) is 8.53. The summed E-state index contributed by atoms with van der Waals surface area (Å²) in [6, 6.07) is 1.86. The summed E-state index contributed by atoms with van der Waals surface area (Å²) < 4.78 is 11.0. The van der Waals surface area contributed by atoms with Crippen molar-refractivity contribution in [2.45, 2.75) is 31.7 Å². The lowest BCUT2D eigenvalue weighted by Crippen LogP contribution is -2.37. The van der Waals surface area contributed by atoms with E-state index < -0.39 is 5.97 Å². The fraction of sp³-hybridized carbons (Fsp3) is 0.688. The van der Waals surface area contributed by atoms with Gasteiger partial charge in [-0.3, -0.25) is 0 Å². The van der Waals surface area contributed by atoms with Crippen LogP contribution in [-0.2, 0) is 4.74 Å². The van der Waals surface area contributed by atoms with Crippen molar-refractivity contribution in [2.75, 3.05) is 44.4 Å². The van der Waals surface area contributed by atoms with Gasteiger partial charge in [0.1, 0.15) is 0 Å². The first-order valence-electron chi connectivity index (χ1n) is 8.53. The summed E-state index contributed by atoms with van der Waals surface area (Å²) >= 11 is 0. The number of nitrogens with one attached hydrogen (secondary N) is 1. The average Bonchev–Trinajstić information content (AvgIpc) is 2.63. The minimum absolute atomic E-state index is 0.0442. The second kappa shape index (κ2) is 8.25. The average molecular weight is 336 g/mol. The summed E-state index contributed by atoms with van der Waals surface area (Å²) in [6.45, 7) is 4.04. The van der Waals surface area contributed by atoms with Crippen LogP contribution in [-0.4, -0.2) is 66.5 Å². The van der Waals surface area contributed by atoms with Gasteiger partial charge >= 0.3 is 5.97 Å². The zero-order valence-electron chi connectivity index (χ0n) is 13.7. The van der Waals surface area contributed by atoms with Gasteiger partial charge in [0.25, 0.3) is 0 Å². The highest BCUT2D eigenvalue weighted by molar-refractivity contribution is 5.86. The van der Waals surface area contributed by atoms with Gasteiger partial charge in [0.05, 0.1) is 19.8 Å². The number of carbonyl (C=O) groups is 1. The number of piperidine rings is 1. The van der Waals surface area contributed by atoms with Crippen LogP contribution in [0.2, 0.25) is 0 Å². The first-order chi connectivity index (χ1) is 11.7. The molecule has 0 aromatic carbocycles. The summed E-state index contributed by atoms with van der Waals surface area (Å²) in [7, 11) is 0. The van der Waals surface area contributed by atoms with Crippen molar-refractivity contribution >= 4 is 11.9 Å². The van der Waals surface area contributed by atoms with Crippen LogP contribution in [0.5, 0.6) is 5.88 Å². The maximum absolute atomic E-state index is 11.3. The molecule has 0 spiro atoms. The van der Waals surface area contributed by atoms with Gasteiger partial charge in [-0.25, -0.2) is 9.78 Å². The number of morpholine rings is 1. The highest BCUT2D eigenvalue weighted by Crippen LogP contribution is 2.18. The topological polar surface area (TPSA) is 96.8 Å². The Balaban J connectivity index is 1.64. The highest BCUT2D eigenvalue weighted by atomic mass is 16.5. The number of ether oxygens (including phenoxy) is 2. The second-order valence-corrected chi connectivity index (χ2v) is 6.08. The molecule has 1 aromatic rings. The Morgan fingerprint density at radius 1 is 1.38 bits per heavy atom. The third-order valence-corrected chi connectivity index (χ3v) is 4.33. The van der Waals surface area contributed by atoms with Crippen LogP contribution >= 0.6 is 0 Å². The zero-order chi connectivity index (χ0) is 16.8. The molecule has 2 saturated heterocycles. The molecule has 0 aliphatic carbocycles. The molecule has 8 nitrogen and oxygen atoms in total. The minimum Gasteiger partial charge on any atom is -0.477 e. The van der Waals surface area contributed by atoms with E-state index in [9.17, 15) is 9.90 Å². The lowest BCUT2D eigenvalue weighted by atomic mass is 10.0. The lowest BCUT2D eigenvalue weighted by molar-refractivity contribution is 0.0689.